The molecule has 9 heteroatoms. The van der Waals surface area contributed by atoms with Crippen LogP contribution in [0.15, 0.2) is 30.6 Å². The van der Waals surface area contributed by atoms with E-state index in [1.807, 2.05) is 30.0 Å². The van der Waals surface area contributed by atoms with E-state index < -0.39 is 0 Å². The first-order chi connectivity index (χ1) is 16.0. The van der Waals surface area contributed by atoms with Gasteiger partial charge in [0.15, 0.2) is 0 Å². The molecule has 3 aromatic rings. The van der Waals surface area contributed by atoms with E-state index in [9.17, 15) is 4.79 Å². The van der Waals surface area contributed by atoms with Crippen LogP contribution in [0, 0.1) is 6.92 Å². The van der Waals surface area contributed by atoms with E-state index in [1.165, 1.54) is 11.3 Å². The average molecular weight is 485 g/mol. The van der Waals surface area contributed by atoms with Crippen molar-refractivity contribution in [3.8, 4) is 0 Å². The first-order valence-corrected chi connectivity index (χ1v) is 12.8. The van der Waals surface area contributed by atoms with Gasteiger partial charge < -0.3 is 19.6 Å². The Balaban J connectivity index is 1.34. The highest BCUT2D eigenvalue weighted by Gasteiger charge is 2.28. The number of thiophene rings is 1. The molecule has 0 unspecified atom stereocenters. The number of rotatable bonds is 4. The molecule has 174 valence electrons. The summed E-state index contributed by atoms with van der Waals surface area (Å²) in [6, 6.07) is 7.90. The Labute approximate surface area is 203 Å². The van der Waals surface area contributed by atoms with E-state index in [-0.39, 0.29) is 5.91 Å². The molecule has 0 bridgehead atoms. The van der Waals surface area contributed by atoms with Crippen molar-refractivity contribution in [1.29, 1.82) is 0 Å². The highest BCUT2D eigenvalue weighted by atomic mass is 35.5. The van der Waals surface area contributed by atoms with Crippen LogP contribution in [0.2, 0.25) is 5.02 Å². The maximum Gasteiger partial charge on any atom is 0.264 e. The Morgan fingerprint density at radius 3 is 2.45 bits per heavy atom. The van der Waals surface area contributed by atoms with Crippen molar-refractivity contribution >= 4 is 50.6 Å². The van der Waals surface area contributed by atoms with Crippen molar-refractivity contribution in [3.63, 3.8) is 0 Å². The van der Waals surface area contributed by atoms with Gasteiger partial charge in [-0.2, -0.15) is 0 Å². The molecular weight excluding hydrogens is 456 g/mol. The van der Waals surface area contributed by atoms with Crippen LogP contribution >= 0.6 is 22.9 Å². The molecule has 0 radical (unpaired) electrons. The quantitative estimate of drug-likeness (QED) is 0.562. The minimum absolute atomic E-state index is 0.1000. The first kappa shape index (κ1) is 22.4. The number of hydrogen-bond donors (Lipinski definition) is 0. The Morgan fingerprint density at radius 2 is 1.76 bits per heavy atom. The summed E-state index contributed by atoms with van der Waals surface area (Å²) < 4.78 is 0. The highest BCUT2D eigenvalue weighted by Crippen LogP contribution is 2.36. The van der Waals surface area contributed by atoms with Crippen LogP contribution in [-0.2, 0) is 0 Å². The summed E-state index contributed by atoms with van der Waals surface area (Å²) in [5.41, 5.74) is 2.11. The summed E-state index contributed by atoms with van der Waals surface area (Å²) in [7, 11) is 0. The number of benzene rings is 1. The molecule has 2 aliphatic rings. The fourth-order valence-corrected chi connectivity index (χ4v) is 6.05. The summed E-state index contributed by atoms with van der Waals surface area (Å²) in [5, 5.41) is 1.77. The lowest BCUT2D eigenvalue weighted by molar-refractivity contribution is 0.0751. The largest absolute Gasteiger partial charge is 0.368 e. The van der Waals surface area contributed by atoms with Crippen LogP contribution in [0.3, 0.4) is 0 Å². The predicted octanol–water partition coefficient (Wildman–Crippen LogP) is 3.76. The molecular formula is C24H29ClN6OS. The van der Waals surface area contributed by atoms with Crippen molar-refractivity contribution in [2.24, 2.45) is 0 Å². The lowest BCUT2D eigenvalue weighted by Crippen LogP contribution is -2.48. The number of aromatic nitrogens is 2. The van der Waals surface area contributed by atoms with Crippen LogP contribution in [0.4, 0.5) is 11.5 Å². The standard InChI is InChI=1S/C24H29ClN6OS/c1-3-28-7-9-30(10-8-28)22-20-17(2)21(33-23(20)27-16-26-22)24(32)31-13-11-29(12-14-31)19-6-4-5-18(25)15-19/h4-6,15-16H,3,7-14H2,1-2H3. The third kappa shape index (κ3) is 4.39. The van der Waals surface area contributed by atoms with Crippen molar-refractivity contribution < 1.29 is 4.79 Å². The van der Waals surface area contributed by atoms with Crippen LogP contribution < -0.4 is 9.80 Å². The Hall–Kier alpha value is -2.42. The zero-order valence-corrected chi connectivity index (χ0v) is 20.7. The van der Waals surface area contributed by atoms with Crippen molar-refractivity contribution in [3.05, 3.63) is 46.1 Å². The Kier molecular flexibility index (Phi) is 6.40. The number of halogens is 1. The molecule has 4 heterocycles. The molecule has 0 spiro atoms. The molecule has 0 saturated carbocycles. The molecule has 33 heavy (non-hydrogen) atoms. The Morgan fingerprint density at radius 1 is 1.03 bits per heavy atom. The van der Waals surface area contributed by atoms with E-state index in [2.05, 4.69) is 37.7 Å². The first-order valence-electron chi connectivity index (χ1n) is 11.6. The number of aryl methyl sites for hydroxylation is 1. The fraction of sp³-hybridized carbons (Fsp3) is 0.458. The van der Waals surface area contributed by atoms with E-state index >= 15 is 0 Å². The smallest absolute Gasteiger partial charge is 0.264 e. The fourth-order valence-electron chi connectivity index (χ4n) is 4.76. The lowest BCUT2D eigenvalue weighted by Gasteiger charge is -2.36. The number of carbonyl (C=O) groups is 1. The summed E-state index contributed by atoms with van der Waals surface area (Å²) in [4.78, 5) is 33.4. The third-order valence-electron chi connectivity index (χ3n) is 6.76. The predicted molar refractivity (Wildman–Crippen MR) is 136 cm³/mol. The van der Waals surface area contributed by atoms with Gasteiger partial charge in [-0.3, -0.25) is 4.79 Å². The molecule has 0 atom stereocenters. The van der Waals surface area contributed by atoms with Gasteiger partial charge in [-0.1, -0.05) is 24.6 Å². The van der Waals surface area contributed by atoms with E-state index in [1.54, 1.807) is 6.33 Å². The minimum Gasteiger partial charge on any atom is -0.368 e. The van der Waals surface area contributed by atoms with E-state index in [4.69, 9.17) is 11.6 Å². The van der Waals surface area contributed by atoms with Crippen molar-refractivity contribution in [1.82, 2.24) is 19.8 Å². The van der Waals surface area contributed by atoms with Crippen molar-refractivity contribution in [2.75, 3.05) is 68.7 Å². The second kappa shape index (κ2) is 9.44. The lowest BCUT2D eigenvalue weighted by atomic mass is 10.1. The van der Waals surface area contributed by atoms with Gasteiger partial charge in [0.1, 0.15) is 17.0 Å². The molecule has 0 N–H and O–H groups in total. The second-order valence-corrected chi connectivity index (χ2v) is 10.0. The number of likely N-dealkylation sites (N-methyl/N-ethyl adjacent to an activating group) is 1. The molecule has 2 aromatic heterocycles. The van der Waals surface area contributed by atoms with Crippen LogP contribution in [0.5, 0.6) is 0 Å². The summed E-state index contributed by atoms with van der Waals surface area (Å²) in [5.74, 6) is 1.07. The van der Waals surface area contributed by atoms with Gasteiger partial charge in [0, 0.05) is 63.1 Å². The van der Waals surface area contributed by atoms with E-state index in [0.717, 1.165) is 83.0 Å². The summed E-state index contributed by atoms with van der Waals surface area (Å²) >= 11 is 7.65. The highest BCUT2D eigenvalue weighted by molar-refractivity contribution is 7.20. The maximum atomic E-state index is 13.5. The summed E-state index contributed by atoms with van der Waals surface area (Å²) in [6.07, 6.45) is 1.64. The number of amides is 1. The average Bonchev–Trinajstić information content (AvgIpc) is 3.20. The van der Waals surface area contributed by atoms with Crippen LogP contribution in [0.25, 0.3) is 10.2 Å². The van der Waals surface area contributed by atoms with Gasteiger partial charge in [-0.05, 0) is 37.2 Å². The SMILES string of the molecule is CCN1CCN(c2ncnc3sc(C(=O)N4CCN(c5cccc(Cl)c5)CC4)c(C)c23)CC1. The van der Waals surface area contributed by atoms with Crippen molar-refractivity contribution in [2.45, 2.75) is 13.8 Å². The molecule has 2 aliphatic heterocycles. The van der Waals surface area contributed by atoms with Gasteiger partial charge in [-0.15, -0.1) is 11.3 Å². The Bertz CT molecular complexity index is 1150. The molecule has 1 aromatic carbocycles. The van der Waals surface area contributed by atoms with Gasteiger partial charge in [0.2, 0.25) is 0 Å². The number of carbonyl (C=O) groups excluding carboxylic acids is 1. The van der Waals surface area contributed by atoms with Gasteiger partial charge in [-0.25, -0.2) is 9.97 Å². The van der Waals surface area contributed by atoms with Gasteiger partial charge >= 0.3 is 0 Å². The van der Waals surface area contributed by atoms with Gasteiger partial charge in [0.25, 0.3) is 5.91 Å². The molecule has 5 rings (SSSR count). The molecule has 7 nitrogen and oxygen atoms in total. The summed E-state index contributed by atoms with van der Waals surface area (Å²) in [6.45, 7) is 12.3. The molecule has 0 aliphatic carbocycles. The zero-order chi connectivity index (χ0) is 22.9. The molecule has 2 fully saturated rings. The second-order valence-electron chi connectivity index (χ2n) is 8.61. The molecule has 1 amide bonds. The molecule has 2 saturated heterocycles. The minimum atomic E-state index is 0.1000. The monoisotopic (exact) mass is 484 g/mol. The number of piperazine rings is 2. The van der Waals surface area contributed by atoms with E-state index in [0.29, 0.717) is 13.1 Å². The third-order valence-corrected chi connectivity index (χ3v) is 8.18. The number of fused-ring (bicyclic) bond motifs is 1. The number of hydrogen-bond acceptors (Lipinski definition) is 7. The zero-order valence-electron chi connectivity index (χ0n) is 19.1. The maximum absolute atomic E-state index is 13.5. The normalized spacial score (nSPS) is 17.7. The van der Waals surface area contributed by atoms with Gasteiger partial charge in [0.05, 0.1) is 10.3 Å². The topological polar surface area (TPSA) is 55.8 Å². The number of nitrogens with zero attached hydrogens (tertiary/aromatic N) is 6. The van der Waals surface area contributed by atoms with Crippen LogP contribution in [0.1, 0.15) is 22.2 Å². The number of anilines is 2. The van der Waals surface area contributed by atoms with Crippen LogP contribution in [-0.4, -0.2) is 84.6 Å².